The van der Waals surface area contributed by atoms with Gasteiger partial charge in [0, 0.05) is 37.8 Å². The highest BCUT2D eigenvalue weighted by molar-refractivity contribution is 6.28. The molecule has 23 aromatic carbocycles. The third-order valence-corrected chi connectivity index (χ3v) is 30.2. The smallest absolute Gasteiger partial charge is 0.135 e. The van der Waals surface area contributed by atoms with Gasteiger partial charge in [0.25, 0.3) is 0 Å². The van der Waals surface area contributed by atoms with Crippen molar-refractivity contribution in [2.45, 2.75) is 57.8 Å². The standard InChI is InChI=1S/C65H42O.C64H44O/c1-65(2)59-30-27-41(34-55(59)56-33-39-15-3-4-16-40(39)38-60(56)65)42-28-31-61-57(35-42)58-37-44(29-32-62(58)66-61)63-50-23-11-13-25-52(50)64(53-26-14-12-24-51(53)63)49-22-10-9-21-48(49)54-36-43-17-5-6-18-45(43)46-19-7-8-20-47(46)54;1-63(2)55-28-25-39(32-49(55)50-31-37-15-5-6-16-38(37)35-56(50)63)40-26-29-58-51(33-40)52-34-41(27-30-59(52)65-58)60-44-19-9-11-21-46(44)61(47-22-12-10-20-45(47)60)53-36-57-62(43-18-8-7-17-42(43)53)48-23-13-14-24-54(48)64(57,3)4/h3-38H,1-2H3;5-36H,1-4H3. The van der Waals surface area contributed by atoms with Crippen LogP contribution in [0.25, 0.3) is 252 Å². The van der Waals surface area contributed by atoms with Crippen molar-refractivity contribution in [3.05, 3.63) is 446 Å². The van der Waals surface area contributed by atoms with E-state index >= 15 is 0 Å². The molecular formula is C129H86O2. The summed E-state index contributed by atoms with van der Waals surface area (Å²) in [5.74, 6) is 0. The van der Waals surface area contributed by atoms with E-state index < -0.39 is 0 Å². The van der Waals surface area contributed by atoms with E-state index in [1.807, 2.05) is 0 Å². The molecule has 25 aromatic rings. The van der Waals surface area contributed by atoms with Gasteiger partial charge < -0.3 is 8.83 Å². The van der Waals surface area contributed by atoms with Crippen LogP contribution < -0.4 is 0 Å². The summed E-state index contributed by atoms with van der Waals surface area (Å²) in [6.45, 7) is 14.2. The SMILES string of the molecule is CC1(C)c2ccc(-c3ccc4oc5ccc(-c6c7ccccc7c(-c7cc8c(c9ccccc79)-c7ccccc7C8(C)C)c7ccccc67)cc5c4c3)cc2-c2cc3ccccc3cc21.CC1(C)c2ccc(-c3ccc4oc5ccc(-c6c7ccccc7c(-c7ccccc7-c7cc8ccccc8c8ccccc78)c7ccccc67)cc5c4c3)cc2-c2cc3ccccc3cc21. The molecule has 3 aliphatic carbocycles. The summed E-state index contributed by atoms with van der Waals surface area (Å²) in [6, 6.07) is 154. The Labute approximate surface area is 759 Å². The first kappa shape index (κ1) is 75.2. The predicted octanol–water partition coefficient (Wildman–Crippen LogP) is 36.1. The molecule has 0 saturated heterocycles. The molecule has 131 heavy (non-hydrogen) atoms. The lowest BCUT2D eigenvalue weighted by atomic mass is 9.79. The van der Waals surface area contributed by atoms with Crippen molar-refractivity contribution < 1.29 is 8.83 Å². The van der Waals surface area contributed by atoms with Gasteiger partial charge in [0.1, 0.15) is 22.3 Å². The first-order valence-corrected chi connectivity index (χ1v) is 46.1. The van der Waals surface area contributed by atoms with Gasteiger partial charge in [-0.05, 0) is 339 Å². The molecule has 2 heterocycles. The second kappa shape index (κ2) is 28.0. The van der Waals surface area contributed by atoms with E-state index in [-0.39, 0.29) is 16.2 Å². The van der Waals surface area contributed by atoms with Crippen molar-refractivity contribution in [3.63, 3.8) is 0 Å². The van der Waals surface area contributed by atoms with Crippen LogP contribution in [-0.2, 0) is 16.2 Å². The zero-order valence-electron chi connectivity index (χ0n) is 73.6. The number of rotatable bonds is 7. The molecule has 0 saturated carbocycles. The molecule has 2 aromatic heterocycles. The molecule has 28 rings (SSSR count). The molecule has 0 amide bonds. The lowest BCUT2D eigenvalue weighted by molar-refractivity contribution is 0.661. The Balaban J connectivity index is 0.000000134. The summed E-state index contributed by atoms with van der Waals surface area (Å²) in [5, 5.41) is 27.2. The second-order valence-electron chi connectivity index (χ2n) is 38.3. The molecule has 0 fully saturated rings. The van der Waals surface area contributed by atoms with Crippen molar-refractivity contribution in [1.82, 2.24) is 0 Å². The highest BCUT2D eigenvalue weighted by atomic mass is 16.3. The van der Waals surface area contributed by atoms with Gasteiger partial charge in [0.05, 0.1) is 0 Å². The Bertz CT molecular complexity index is 9220. The van der Waals surface area contributed by atoms with Crippen LogP contribution in [0.15, 0.2) is 421 Å². The fourth-order valence-electron chi connectivity index (χ4n) is 23.9. The van der Waals surface area contributed by atoms with Gasteiger partial charge in [-0.1, -0.05) is 357 Å². The van der Waals surface area contributed by atoms with Gasteiger partial charge in [-0.25, -0.2) is 0 Å². The van der Waals surface area contributed by atoms with Crippen LogP contribution >= 0.6 is 0 Å². The number of hydrogen-bond acceptors (Lipinski definition) is 2. The molecule has 614 valence electrons. The van der Waals surface area contributed by atoms with Crippen molar-refractivity contribution >= 4 is 141 Å². The van der Waals surface area contributed by atoms with E-state index in [2.05, 4.69) is 454 Å². The molecule has 0 unspecified atom stereocenters. The van der Waals surface area contributed by atoms with Crippen molar-refractivity contribution in [2.75, 3.05) is 0 Å². The van der Waals surface area contributed by atoms with Crippen molar-refractivity contribution in [1.29, 1.82) is 0 Å². The topological polar surface area (TPSA) is 26.3 Å². The Kier molecular flexibility index (Phi) is 16.1. The highest BCUT2D eigenvalue weighted by Gasteiger charge is 2.40. The van der Waals surface area contributed by atoms with E-state index in [1.54, 1.807) is 0 Å². The summed E-state index contributed by atoms with van der Waals surface area (Å²) in [5.41, 5.74) is 36.9. The molecule has 0 radical (unpaired) electrons. The fourth-order valence-corrected chi connectivity index (χ4v) is 23.9. The Morgan fingerprint density at radius 2 is 0.420 bits per heavy atom. The first-order valence-electron chi connectivity index (χ1n) is 46.1. The van der Waals surface area contributed by atoms with Gasteiger partial charge in [-0.15, -0.1) is 0 Å². The summed E-state index contributed by atoms with van der Waals surface area (Å²) < 4.78 is 13.2. The fraction of sp³-hybridized carbons (Fsp3) is 0.0698. The molecule has 3 aliphatic rings. The molecular weight excluding hydrogens is 1580 g/mol. The minimum atomic E-state index is -0.128. The average Bonchev–Trinajstić information content (AvgIpc) is 1.63. The maximum atomic E-state index is 6.59. The minimum Gasteiger partial charge on any atom is -0.456 e. The summed E-state index contributed by atoms with van der Waals surface area (Å²) >= 11 is 0. The van der Waals surface area contributed by atoms with Crippen LogP contribution in [0.2, 0.25) is 0 Å². The molecule has 0 atom stereocenters. The van der Waals surface area contributed by atoms with Crippen LogP contribution in [0.3, 0.4) is 0 Å². The molecule has 0 aliphatic heterocycles. The van der Waals surface area contributed by atoms with Gasteiger partial charge >= 0.3 is 0 Å². The molecule has 0 bridgehead atoms. The zero-order valence-corrected chi connectivity index (χ0v) is 73.6. The first-order chi connectivity index (χ1) is 64.2. The predicted molar refractivity (Wildman–Crippen MR) is 556 cm³/mol. The summed E-state index contributed by atoms with van der Waals surface area (Å²) in [6.07, 6.45) is 0. The van der Waals surface area contributed by atoms with E-state index in [0.29, 0.717) is 0 Å². The monoisotopic (exact) mass is 1670 g/mol. The van der Waals surface area contributed by atoms with E-state index in [1.165, 1.54) is 242 Å². The number of furan rings is 2. The zero-order chi connectivity index (χ0) is 87.0. The highest BCUT2D eigenvalue weighted by Crippen LogP contribution is 2.59. The third-order valence-electron chi connectivity index (χ3n) is 30.2. The normalized spacial score (nSPS) is 13.8. The van der Waals surface area contributed by atoms with Crippen LogP contribution in [-0.4, -0.2) is 0 Å². The lowest BCUT2D eigenvalue weighted by Crippen LogP contribution is -2.15. The molecule has 0 spiro atoms. The van der Waals surface area contributed by atoms with Crippen LogP contribution in [0, 0.1) is 0 Å². The van der Waals surface area contributed by atoms with Crippen LogP contribution in [0.1, 0.15) is 74.9 Å². The van der Waals surface area contributed by atoms with Crippen molar-refractivity contribution in [3.8, 4) is 111 Å². The van der Waals surface area contributed by atoms with E-state index in [4.69, 9.17) is 8.83 Å². The third kappa shape index (κ3) is 11.1. The van der Waals surface area contributed by atoms with Crippen LogP contribution in [0.4, 0.5) is 0 Å². The Morgan fingerprint density at radius 1 is 0.137 bits per heavy atom. The maximum Gasteiger partial charge on any atom is 0.135 e. The number of fused-ring (bicyclic) bond motifs is 26. The van der Waals surface area contributed by atoms with E-state index in [9.17, 15) is 0 Å². The van der Waals surface area contributed by atoms with Crippen molar-refractivity contribution in [2.24, 2.45) is 0 Å². The Hall–Kier alpha value is -16.0. The largest absolute Gasteiger partial charge is 0.456 e. The number of hydrogen-bond donors (Lipinski definition) is 0. The van der Waals surface area contributed by atoms with Gasteiger partial charge in [0.2, 0.25) is 0 Å². The van der Waals surface area contributed by atoms with Gasteiger partial charge in [-0.2, -0.15) is 0 Å². The second-order valence-corrected chi connectivity index (χ2v) is 38.3. The van der Waals surface area contributed by atoms with Gasteiger partial charge in [0.15, 0.2) is 0 Å². The summed E-state index contributed by atoms with van der Waals surface area (Å²) in [4.78, 5) is 0. The lowest BCUT2D eigenvalue weighted by Gasteiger charge is -2.24. The van der Waals surface area contributed by atoms with Crippen LogP contribution in [0.5, 0.6) is 0 Å². The summed E-state index contributed by atoms with van der Waals surface area (Å²) in [7, 11) is 0. The molecule has 2 heteroatoms. The molecule has 0 N–H and O–H groups in total. The molecule has 2 nitrogen and oxygen atoms in total. The van der Waals surface area contributed by atoms with E-state index in [0.717, 1.165) is 43.9 Å². The number of benzene rings is 23. The maximum absolute atomic E-state index is 6.59. The minimum absolute atomic E-state index is 0.0701. The Morgan fingerprint density at radius 3 is 0.870 bits per heavy atom. The quantitative estimate of drug-likeness (QED) is 0.117. The van der Waals surface area contributed by atoms with Gasteiger partial charge in [-0.3, -0.25) is 0 Å². The average molecular weight is 1670 g/mol.